The summed E-state index contributed by atoms with van der Waals surface area (Å²) in [6.45, 7) is 3.74. The largest absolute Gasteiger partial charge is 0.385 e. The molecule has 1 aromatic carbocycles. The number of aliphatic hydroxyl groups is 1. The fraction of sp³-hybridized carbons (Fsp3) is 0.500. The van der Waals surface area contributed by atoms with Crippen molar-refractivity contribution in [3.05, 3.63) is 48.6 Å². The zero-order valence-corrected chi connectivity index (χ0v) is 10.4. The summed E-state index contributed by atoms with van der Waals surface area (Å²) in [6, 6.07) is 10.1. The van der Waals surface area contributed by atoms with Crippen molar-refractivity contribution in [1.29, 1.82) is 0 Å². The average molecular weight is 230 g/mol. The number of rotatable bonds is 6. The van der Waals surface area contributed by atoms with E-state index < -0.39 is 5.60 Å². The number of hydrogen-bond acceptors (Lipinski definition) is 1. The lowest BCUT2D eigenvalue weighted by Crippen LogP contribution is -2.44. The van der Waals surface area contributed by atoms with E-state index in [9.17, 15) is 5.11 Å². The third-order valence-corrected chi connectivity index (χ3v) is 4.03. The Balaban J connectivity index is 1.90. The summed E-state index contributed by atoms with van der Waals surface area (Å²) < 4.78 is 0. The molecule has 2 atom stereocenters. The zero-order valence-electron chi connectivity index (χ0n) is 10.4. The lowest BCUT2D eigenvalue weighted by molar-refractivity contribution is -0.105. The van der Waals surface area contributed by atoms with Gasteiger partial charge in [-0.05, 0) is 43.6 Å². The molecule has 1 aliphatic carbocycles. The van der Waals surface area contributed by atoms with Gasteiger partial charge in [0.05, 0.1) is 5.60 Å². The molecule has 0 spiro atoms. The first kappa shape index (κ1) is 12.4. The van der Waals surface area contributed by atoms with Gasteiger partial charge < -0.3 is 5.11 Å². The summed E-state index contributed by atoms with van der Waals surface area (Å²) in [7, 11) is 0. The molecule has 1 aliphatic rings. The van der Waals surface area contributed by atoms with Gasteiger partial charge in [-0.25, -0.2) is 0 Å². The first-order chi connectivity index (χ1) is 8.27. The molecule has 0 saturated heterocycles. The van der Waals surface area contributed by atoms with Crippen molar-refractivity contribution >= 4 is 0 Å². The zero-order chi connectivity index (χ0) is 12.1. The van der Waals surface area contributed by atoms with Crippen LogP contribution in [0.3, 0.4) is 0 Å². The van der Waals surface area contributed by atoms with E-state index in [2.05, 4.69) is 18.7 Å². The van der Waals surface area contributed by atoms with Crippen LogP contribution in [0.25, 0.3) is 0 Å². The Morgan fingerprint density at radius 2 is 2.06 bits per heavy atom. The number of allylic oxidation sites excluding steroid dienone is 1. The summed E-state index contributed by atoms with van der Waals surface area (Å²) in [4.78, 5) is 0. The third-order valence-electron chi connectivity index (χ3n) is 4.03. The fourth-order valence-electron chi connectivity index (χ4n) is 2.79. The van der Waals surface area contributed by atoms with E-state index >= 15 is 0 Å². The second-order valence-electron chi connectivity index (χ2n) is 5.10. The van der Waals surface area contributed by atoms with Crippen LogP contribution >= 0.6 is 0 Å². The number of unbranched alkanes of at least 4 members (excludes halogenated alkanes) is 2. The summed E-state index contributed by atoms with van der Waals surface area (Å²) >= 11 is 0. The second kappa shape index (κ2) is 5.50. The van der Waals surface area contributed by atoms with E-state index in [-0.39, 0.29) is 0 Å². The molecule has 17 heavy (non-hydrogen) atoms. The van der Waals surface area contributed by atoms with Gasteiger partial charge in [0.25, 0.3) is 0 Å². The molecule has 1 N–H and O–H groups in total. The highest BCUT2D eigenvalue weighted by molar-refractivity contribution is 5.25. The molecule has 1 aromatic rings. The molecule has 0 amide bonds. The molecule has 92 valence electrons. The third kappa shape index (κ3) is 2.61. The average Bonchev–Trinajstić information content (AvgIpc) is 2.37. The molecule has 0 heterocycles. The molecule has 0 radical (unpaired) electrons. The maximum atomic E-state index is 10.7. The van der Waals surface area contributed by atoms with Gasteiger partial charge in [0.2, 0.25) is 0 Å². The lowest BCUT2D eigenvalue weighted by Gasteiger charge is -2.46. The number of benzene rings is 1. The molecule has 2 unspecified atom stereocenters. The monoisotopic (exact) mass is 230 g/mol. The minimum atomic E-state index is -0.546. The highest BCUT2D eigenvalue weighted by Gasteiger charge is 2.45. The van der Waals surface area contributed by atoms with Gasteiger partial charge in [-0.15, -0.1) is 6.58 Å². The van der Waals surface area contributed by atoms with E-state index in [1.807, 2.05) is 24.3 Å². The Hall–Kier alpha value is -1.08. The summed E-state index contributed by atoms with van der Waals surface area (Å²) in [6.07, 6.45) is 8.69. The van der Waals surface area contributed by atoms with Crippen LogP contribution < -0.4 is 0 Å². The van der Waals surface area contributed by atoms with Crippen molar-refractivity contribution in [2.45, 2.75) is 44.1 Å². The molecular weight excluding hydrogens is 208 g/mol. The maximum Gasteiger partial charge on any atom is 0.0924 e. The molecule has 0 aliphatic heterocycles. The van der Waals surface area contributed by atoms with E-state index in [0.717, 1.165) is 24.8 Å². The fourth-order valence-corrected chi connectivity index (χ4v) is 2.79. The molecular formula is C16H22O. The first-order valence-electron chi connectivity index (χ1n) is 6.66. The highest BCUT2D eigenvalue weighted by atomic mass is 16.3. The Kier molecular flexibility index (Phi) is 4.01. The Morgan fingerprint density at radius 3 is 2.65 bits per heavy atom. The SMILES string of the molecule is C=CCCCCC1CCC1(O)c1ccccc1. The molecule has 1 heteroatoms. The van der Waals surface area contributed by atoms with Crippen molar-refractivity contribution in [2.75, 3.05) is 0 Å². The highest BCUT2D eigenvalue weighted by Crippen LogP contribution is 2.48. The smallest absolute Gasteiger partial charge is 0.0924 e. The minimum absolute atomic E-state index is 0.453. The summed E-state index contributed by atoms with van der Waals surface area (Å²) in [5, 5.41) is 10.7. The molecule has 1 fully saturated rings. The Morgan fingerprint density at radius 1 is 1.29 bits per heavy atom. The second-order valence-corrected chi connectivity index (χ2v) is 5.10. The van der Waals surface area contributed by atoms with Crippen molar-refractivity contribution in [3.63, 3.8) is 0 Å². The van der Waals surface area contributed by atoms with Gasteiger partial charge in [-0.1, -0.05) is 42.8 Å². The van der Waals surface area contributed by atoms with Gasteiger partial charge in [0, 0.05) is 0 Å². The van der Waals surface area contributed by atoms with Crippen molar-refractivity contribution in [2.24, 2.45) is 5.92 Å². The quantitative estimate of drug-likeness (QED) is 0.578. The predicted molar refractivity (Wildman–Crippen MR) is 71.7 cm³/mol. The number of hydrogen-bond donors (Lipinski definition) is 1. The lowest BCUT2D eigenvalue weighted by atomic mass is 9.64. The standard InChI is InChI=1S/C16H22O/c1-2-3-4-6-11-15-12-13-16(15,17)14-9-7-5-8-10-14/h2,5,7-10,15,17H,1,3-4,6,11-13H2. The first-order valence-corrected chi connectivity index (χ1v) is 6.66. The van der Waals surface area contributed by atoms with Crippen molar-refractivity contribution in [1.82, 2.24) is 0 Å². The van der Waals surface area contributed by atoms with Crippen molar-refractivity contribution < 1.29 is 5.11 Å². The molecule has 0 aromatic heterocycles. The Bertz CT molecular complexity index is 357. The van der Waals surface area contributed by atoms with E-state index in [1.54, 1.807) is 0 Å². The van der Waals surface area contributed by atoms with Gasteiger partial charge in [0.15, 0.2) is 0 Å². The van der Waals surface area contributed by atoms with Crippen LogP contribution in [-0.4, -0.2) is 5.11 Å². The van der Waals surface area contributed by atoms with Crippen molar-refractivity contribution in [3.8, 4) is 0 Å². The molecule has 0 bridgehead atoms. The molecule has 1 saturated carbocycles. The van der Waals surface area contributed by atoms with Crippen LogP contribution in [-0.2, 0) is 5.60 Å². The molecule has 1 nitrogen and oxygen atoms in total. The van der Waals surface area contributed by atoms with Gasteiger partial charge in [0.1, 0.15) is 0 Å². The van der Waals surface area contributed by atoms with Crippen LogP contribution in [0.15, 0.2) is 43.0 Å². The van der Waals surface area contributed by atoms with Crippen LogP contribution in [0.1, 0.15) is 44.1 Å². The van der Waals surface area contributed by atoms with Crippen LogP contribution in [0.5, 0.6) is 0 Å². The predicted octanol–water partition coefficient (Wildman–Crippen LogP) is 4.03. The summed E-state index contributed by atoms with van der Waals surface area (Å²) in [5.41, 5.74) is 0.551. The van der Waals surface area contributed by atoms with Crippen LogP contribution in [0, 0.1) is 5.92 Å². The van der Waals surface area contributed by atoms with E-state index in [1.165, 1.54) is 19.3 Å². The van der Waals surface area contributed by atoms with Crippen LogP contribution in [0.2, 0.25) is 0 Å². The van der Waals surface area contributed by atoms with Gasteiger partial charge >= 0.3 is 0 Å². The maximum absolute atomic E-state index is 10.7. The topological polar surface area (TPSA) is 20.2 Å². The van der Waals surface area contributed by atoms with E-state index in [0.29, 0.717) is 5.92 Å². The minimum Gasteiger partial charge on any atom is -0.385 e. The van der Waals surface area contributed by atoms with Crippen LogP contribution in [0.4, 0.5) is 0 Å². The van der Waals surface area contributed by atoms with Gasteiger partial charge in [-0.2, -0.15) is 0 Å². The van der Waals surface area contributed by atoms with E-state index in [4.69, 9.17) is 0 Å². The molecule has 2 rings (SSSR count). The normalized spacial score (nSPS) is 27.5. The van der Waals surface area contributed by atoms with Gasteiger partial charge in [-0.3, -0.25) is 0 Å². The Labute approximate surface area is 104 Å². The summed E-state index contributed by atoms with van der Waals surface area (Å²) in [5.74, 6) is 0.453.